The number of anilines is 1. The van der Waals surface area contributed by atoms with E-state index < -0.39 is 0 Å². The molecule has 1 rings (SSSR count). The standard InChI is InChI=1S/C10H18N4S/c1-4-14(5-7(2)9(11)12)10-13-8(3)6-15-10/h6-7H,4-5H2,1-3H3,(H3,11,12). The summed E-state index contributed by atoms with van der Waals surface area (Å²) in [4.78, 5) is 6.58. The lowest BCUT2D eigenvalue weighted by Gasteiger charge is -2.23. The van der Waals surface area contributed by atoms with Crippen LogP contribution in [0.25, 0.3) is 0 Å². The summed E-state index contributed by atoms with van der Waals surface area (Å²) in [6.45, 7) is 7.70. The molecule has 0 aliphatic heterocycles. The van der Waals surface area contributed by atoms with Gasteiger partial charge in [-0.05, 0) is 13.8 Å². The fourth-order valence-corrected chi connectivity index (χ4v) is 2.14. The third-order valence-corrected chi connectivity index (χ3v) is 3.30. The Labute approximate surface area is 94.6 Å². The van der Waals surface area contributed by atoms with Crippen molar-refractivity contribution < 1.29 is 0 Å². The molecule has 1 aromatic rings. The first-order valence-corrected chi connectivity index (χ1v) is 5.93. The van der Waals surface area contributed by atoms with Crippen LogP contribution in [0.2, 0.25) is 0 Å². The zero-order chi connectivity index (χ0) is 11.4. The average Bonchev–Trinajstić information content (AvgIpc) is 2.60. The molecule has 0 aromatic carbocycles. The van der Waals surface area contributed by atoms with Crippen molar-refractivity contribution in [2.24, 2.45) is 11.7 Å². The molecule has 0 saturated heterocycles. The minimum absolute atomic E-state index is 0.0779. The fraction of sp³-hybridized carbons (Fsp3) is 0.600. The van der Waals surface area contributed by atoms with Gasteiger partial charge in [-0.1, -0.05) is 6.92 Å². The van der Waals surface area contributed by atoms with Crippen LogP contribution in [-0.4, -0.2) is 23.9 Å². The minimum Gasteiger partial charge on any atom is -0.387 e. The van der Waals surface area contributed by atoms with Gasteiger partial charge in [0.05, 0.1) is 11.5 Å². The molecule has 0 amide bonds. The van der Waals surface area contributed by atoms with Gasteiger partial charge >= 0.3 is 0 Å². The summed E-state index contributed by atoms with van der Waals surface area (Å²) in [5.74, 6) is 0.316. The zero-order valence-electron chi connectivity index (χ0n) is 9.45. The number of aromatic nitrogens is 1. The summed E-state index contributed by atoms with van der Waals surface area (Å²) in [6.07, 6.45) is 0. The van der Waals surface area contributed by atoms with Crippen molar-refractivity contribution in [1.82, 2.24) is 4.98 Å². The van der Waals surface area contributed by atoms with Gasteiger partial charge in [0.1, 0.15) is 0 Å². The van der Waals surface area contributed by atoms with Crippen LogP contribution >= 0.6 is 11.3 Å². The topological polar surface area (TPSA) is 66.0 Å². The normalized spacial score (nSPS) is 12.5. The Hall–Kier alpha value is -1.10. The van der Waals surface area contributed by atoms with Gasteiger partial charge in [0.2, 0.25) is 0 Å². The lowest BCUT2D eigenvalue weighted by atomic mass is 10.1. The van der Waals surface area contributed by atoms with Crippen molar-refractivity contribution >= 4 is 22.3 Å². The molecule has 1 atom stereocenters. The molecular weight excluding hydrogens is 208 g/mol. The SMILES string of the molecule is CCN(CC(C)C(=N)N)c1nc(C)cs1. The Balaban J connectivity index is 2.68. The quantitative estimate of drug-likeness (QED) is 0.595. The summed E-state index contributed by atoms with van der Waals surface area (Å²) in [6, 6.07) is 0. The highest BCUT2D eigenvalue weighted by molar-refractivity contribution is 7.13. The summed E-state index contributed by atoms with van der Waals surface area (Å²) >= 11 is 1.64. The largest absolute Gasteiger partial charge is 0.387 e. The van der Waals surface area contributed by atoms with Crippen LogP contribution in [0.1, 0.15) is 19.5 Å². The number of nitrogens with one attached hydrogen (secondary N) is 1. The average molecular weight is 226 g/mol. The van der Waals surface area contributed by atoms with Gasteiger partial charge in [0, 0.05) is 24.4 Å². The predicted octanol–water partition coefficient (Wildman–Crippen LogP) is 1.85. The summed E-state index contributed by atoms with van der Waals surface area (Å²) in [5, 5.41) is 10.4. The first kappa shape index (κ1) is 12.0. The maximum Gasteiger partial charge on any atom is 0.185 e. The maximum atomic E-state index is 7.37. The molecule has 0 aliphatic carbocycles. The van der Waals surface area contributed by atoms with Gasteiger partial charge in [0.15, 0.2) is 5.13 Å². The van der Waals surface area contributed by atoms with E-state index in [2.05, 4.69) is 16.8 Å². The molecule has 4 nitrogen and oxygen atoms in total. The molecule has 5 heteroatoms. The maximum absolute atomic E-state index is 7.37. The number of amidine groups is 1. The molecule has 3 N–H and O–H groups in total. The second-order valence-electron chi connectivity index (χ2n) is 3.67. The molecular formula is C10H18N4S. The first-order chi connectivity index (χ1) is 7.04. The molecule has 15 heavy (non-hydrogen) atoms. The molecule has 1 aromatic heterocycles. The highest BCUT2D eigenvalue weighted by Crippen LogP contribution is 2.20. The van der Waals surface area contributed by atoms with E-state index in [-0.39, 0.29) is 11.8 Å². The van der Waals surface area contributed by atoms with Crippen LogP contribution in [0.5, 0.6) is 0 Å². The van der Waals surface area contributed by atoms with Crippen LogP contribution < -0.4 is 10.6 Å². The monoisotopic (exact) mass is 226 g/mol. The molecule has 0 bridgehead atoms. The van der Waals surface area contributed by atoms with Gasteiger partial charge in [-0.15, -0.1) is 11.3 Å². The molecule has 0 spiro atoms. The van der Waals surface area contributed by atoms with E-state index >= 15 is 0 Å². The number of aryl methyl sites for hydroxylation is 1. The Morgan fingerprint density at radius 3 is 2.80 bits per heavy atom. The van der Waals surface area contributed by atoms with Gasteiger partial charge in [0.25, 0.3) is 0 Å². The molecule has 0 fully saturated rings. The minimum atomic E-state index is 0.0779. The van der Waals surface area contributed by atoms with Crippen LogP contribution in [-0.2, 0) is 0 Å². The Morgan fingerprint density at radius 1 is 1.73 bits per heavy atom. The number of thiazole rings is 1. The van der Waals surface area contributed by atoms with Gasteiger partial charge < -0.3 is 10.6 Å². The van der Waals surface area contributed by atoms with Gasteiger partial charge in [-0.25, -0.2) is 4.98 Å². The lowest BCUT2D eigenvalue weighted by Crippen LogP contribution is -2.34. The fourth-order valence-electron chi connectivity index (χ4n) is 1.26. The molecule has 0 radical (unpaired) electrons. The van der Waals surface area contributed by atoms with E-state index in [9.17, 15) is 0 Å². The summed E-state index contributed by atoms with van der Waals surface area (Å²) in [5.41, 5.74) is 6.51. The second kappa shape index (κ2) is 5.11. The first-order valence-electron chi connectivity index (χ1n) is 5.05. The van der Waals surface area contributed by atoms with Gasteiger partial charge in [-0.2, -0.15) is 0 Å². The number of nitrogens with zero attached hydrogens (tertiary/aromatic N) is 2. The van der Waals surface area contributed by atoms with E-state index in [0.717, 1.165) is 23.9 Å². The van der Waals surface area contributed by atoms with Crippen LogP contribution in [0.3, 0.4) is 0 Å². The highest BCUT2D eigenvalue weighted by atomic mass is 32.1. The van der Waals surface area contributed by atoms with E-state index in [1.165, 1.54) is 0 Å². The number of rotatable bonds is 5. The van der Waals surface area contributed by atoms with Crippen molar-refractivity contribution in [3.05, 3.63) is 11.1 Å². The number of hydrogen-bond acceptors (Lipinski definition) is 4. The Morgan fingerprint density at radius 2 is 2.40 bits per heavy atom. The Bertz CT molecular complexity index is 334. The summed E-state index contributed by atoms with van der Waals surface area (Å²) in [7, 11) is 0. The predicted molar refractivity (Wildman–Crippen MR) is 65.8 cm³/mol. The van der Waals surface area contributed by atoms with Crippen molar-refractivity contribution in [1.29, 1.82) is 5.41 Å². The van der Waals surface area contributed by atoms with E-state index in [4.69, 9.17) is 11.1 Å². The van der Waals surface area contributed by atoms with Crippen molar-refractivity contribution in [2.45, 2.75) is 20.8 Å². The zero-order valence-corrected chi connectivity index (χ0v) is 10.3. The molecule has 1 unspecified atom stereocenters. The van der Waals surface area contributed by atoms with E-state index in [1.807, 2.05) is 19.2 Å². The third kappa shape index (κ3) is 3.20. The smallest absolute Gasteiger partial charge is 0.185 e. The van der Waals surface area contributed by atoms with Crippen LogP contribution in [0.15, 0.2) is 5.38 Å². The molecule has 0 aliphatic rings. The van der Waals surface area contributed by atoms with Crippen molar-refractivity contribution in [3.8, 4) is 0 Å². The van der Waals surface area contributed by atoms with Crippen molar-refractivity contribution in [3.63, 3.8) is 0 Å². The van der Waals surface area contributed by atoms with Crippen LogP contribution in [0.4, 0.5) is 5.13 Å². The Kier molecular flexibility index (Phi) is 4.08. The third-order valence-electron chi connectivity index (χ3n) is 2.28. The number of nitrogens with two attached hydrogens (primary N) is 1. The van der Waals surface area contributed by atoms with E-state index in [1.54, 1.807) is 11.3 Å². The second-order valence-corrected chi connectivity index (χ2v) is 4.50. The summed E-state index contributed by atoms with van der Waals surface area (Å²) < 4.78 is 0. The lowest BCUT2D eigenvalue weighted by molar-refractivity contribution is 0.695. The molecule has 84 valence electrons. The van der Waals surface area contributed by atoms with Crippen LogP contribution in [0, 0.1) is 18.3 Å². The molecule has 0 saturated carbocycles. The number of hydrogen-bond donors (Lipinski definition) is 2. The highest BCUT2D eigenvalue weighted by Gasteiger charge is 2.13. The molecule has 1 heterocycles. The van der Waals surface area contributed by atoms with Crippen molar-refractivity contribution in [2.75, 3.05) is 18.0 Å². The van der Waals surface area contributed by atoms with Gasteiger partial charge in [-0.3, -0.25) is 5.41 Å². The van der Waals surface area contributed by atoms with E-state index in [0.29, 0.717) is 0 Å².